The predicted molar refractivity (Wildman–Crippen MR) is 304 cm³/mol. The Kier molecular flexibility index (Phi) is 16.7. The number of hydrogen-bond donors (Lipinski definition) is 1. The Bertz CT molecular complexity index is 3870. The van der Waals surface area contributed by atoms with Gasteiger partial charge in [0, 0.05) is 24.2 Å². The van der Waals surface area contributed by atoms with Crippen molar-refractivity contribution in [2.24, 2.45) is 0 Å². The summed E-state index contributed by atoms with van der Waals surface area (Å²) in [5.74, 6) is -6.55. The Hall–Kier alpha value is -9.14. The van der Waals surface area contributed by atoms with E-state index in [1.807, 2.05) is 0 Å². The monoisotopic (exact) mass is 1190 g/mol. The number of ether oxygens (including phenoxy) is 4. The molecule has 24 nitrogen and oxygen atoms in total. The maximum Gasteiger partial charge on any atom is 0.415 e. The Morgan fingerprint density at radius 3 is 1.42 bits per heavy atom. The normalized spacial score (nSPS) is 13.6. The van der Waals surface area contributed by atoms with Crippen molar-refractivity contribution in [1.29, 1.82) is 0 Å². The van der Waals surface area contributed by atoms with Crippen LogP contribution in [0.4, 0.5) is 25.0 Å². The van der Waals surface area contributed by atoms with E-state index in [1.54, 1.807) is 55.4 Å². The number of carbonyl (C=O) groups is 2. The van der Waals surface area contributed by atoms with Gasteiger partial charge < -0.3 is 29.2 Å². The van der Waals surface area contributed by atoms with Crippen LogP contribution in [-0.2, 0) is 4.79 Å². The van der Waals surface area contributed by atoms with Crippen LogP contribution in [0.5, 0.6) is 23.0 Å². The number of nitrogens with one attached hydrogen (secondary N) is 1. The van der Waals surface area contributed by atoms with Crippen LogP contribution in [0.15, 0.2) is 70.8 Å². The summed E-state index contributed by atoms with van der Waals surface area (Å²) >= 11 is 13.7. The van der Waals surface area contributed by atoms with E-state index in [1.165, 1.54) is 63.3 Å². The lowest BCUT2D eigenvalue weighted by Gasteiger charge is -2.31. The number of aromatic nitrogens is 8. The van der Waals surface area contributed by atoms with Crippen LogP contribution in [0.2, 0.25) is 10.3 Å². The van der Waals surface area contributed by atoms with Gasteiger partial charge in [-0.3, -0.25) is 39.0 Å². The number of methoxy groups -OCH3 is 2. The molecule has 6 aromatic heterocycles. The molecule has 1 fully saturated rings. The summed E-state index contributed by atoms with van der Waals surface area (Å²) in [4.78, 5) is 111. The van der Waals surface area contributed by atoms with Crippen molar-refractivity contribution in [2.45, 2.75) is 85.1 Å². The summed E-state index contributed by atoms with van der Waals surface area (Å²) in [7, 11) is 2.58. The molecular formula is C56H52Cl2F2N12O12. The highest BCUT2D eigenvalue weighted by atomic mass is 35.5. The fraction of sp³-hybridized carbons (Fsp3) is 0.321. The minimum atomic E-state index is -1.59. The molecule has 7 heterocycles. The lowest BCUT2D eigenvalue weighted by molar-refractivity contribution is -0.387. The molecule has 0 radical (unpaired) electrons. The number of amides is 1. The van der Waals surface area contributed by atoms with E-state index < -0.39 is 125 Å². The predicted octanol–water partition coefficient (Wildman–Crippen LogP) is 10.3. The van der Waals surface area contributed by atoms with Crippen LogP contribution in [-0.4, -0.2) is 106 Å². The Labute approximate surface area is 485 Å². The molecule has 2 aromatic carbocycles. The van der Waals surface area contributed by atoms with Gasteiger partial charge in [0.2, 0.25) is 11.5 Å². The van der Waals surface area contributed by atoms with Gasteiger partial charge in [0.05, 0.1) is 86.9 Å². The summed E-state index contributed by atoms with van der Waals surface area (Å²) in [5.41, 5.74) is -6.20. The van der Waals surface area contributed by atoms with E-state index in [4.69, 9.17) is 42.1 Å². The van der Waals surface area contributed by atoms with Crippen molar-refractivity contribution >= 4 is 68.7 Å². The number of benzene rings is 2. The van der Waals surface area contributed by atoms with Crippen molar-refractivity contribution in [2.75, 3.05) is 33.9 Å². The smallest absolute Gasteiger partial charge is 0.415 e. The van der Waals surface area contributed by atoms with E-state index in [9.17, 15) is 29.8 Å². The number of halogens is 4. The summed E-state index contributed by atoms with van der Waals surface area (Å²) in [6.45, 7) is 13.1. The zero-order valence-electron chi connectivity index (χ0n) is 46.6. The number of piperazine rings is 1. The highest BCUT2D eigenvalue weighted by molar-refractivity contribution is 6.33. The standard InChI is InChI=1S/C56H52Cl2F2N12O12/c1-24(2)39-45(40(25(3)4)63-22-62-39)69-33-19-28(37-30(59)13-11-15-35(37)81-9)51(57)66-43(33)49(47(53(69)73)71(77)78)83-55(75)32-21-68(18-17-61-32)56(76)84-50-44-34(20-29(52(58)67-44)38-31(60)14-12-16-36(38)82-10)70(54(74)48(50)72(79)80)46-41(26(5)6)64-23-65-42(46)27(7)8/h11-16,19-20,22-27,32,61H,17-18,21H2,1-10H3. The molecule has 1 aliphatic rings. The maximum absolute atomic E-state index is 15.9. The molecular weight excluding hydrogens is 1140 g/mol. The lowest BCUT2D eigenvalue weighted by Crippen LogP contribution is -2.57. The Morgan fingerprint density at radius 1 is 0.655 bits per heavy atom. The molecule has 1 N–H and O–H groups in total. The molecule has 1 unspecified atom stereocenters. The third-order valence-electron chi connectivity index (χ3n) is 13.9. The van der Waals surface area contributed by atoms with Gasteiger partial charge in [0.25, 0.3) is 0 Å². The van der Waals surface area contributed by atoms with Gasteiger partial charge in [-0.2, -0.15) is 0 Å². The second-order valence-corrected chi connectivity index (χ2v) is 21.2. The van der Waals surface area contributed by atoms with Gasteiger partial charge in [-0.15, -0.1) is 0 Å². The largest absolute Gasteiger partial charge is 0.496 e. The van der Waals surface area contributed by atoms with Crippen LogP contribution >= 0.6 is 23.2 Å². The van der Waals surface area contributed by atoms with Crippen LogP contribution in [0.1, 0.15) is 102 Å². The number of fused-ring (bicyclic) bond motifs is 2. The van der Waals surface area contributed by atoms with Gasteiger partial charge in [-0.05, 0) is 60.1 Å². The first kappa shape index (κ1) is 59.5. The number of rotatable bonds is 15. The minimum absolute atomic E-state index is 0.00522. The number of pyridine rings is 4. The number of carbonyl (C=O) groups excluding carboxylic acids is 2. The zero-order valence-corrected chi connectivity index (χ0v) is 48.1. The second kappa shape index (κ2) is 23.6. The van der Waals surface area contributed by atoms with Crippen molar-refractivity contribution in [1.82, 2.24) is 49.3 Å². The summed E-state index contributed by atoms with van der Waals surface area (Å²) in [5, 5.41) is 28.5. The maximum atomic E-state index is 15.9. The second-order valence-electron chi connectivity index (χ2n) is 20.5. The molecule has 9 rings (SSSR count). The van der Waals surface area contributed by atoms with Gasteiger partial charge >= 0.3 is 34.6 Å². The zero-order chi connectivity index (χ0) is 60.9. The highest BCUT2D eigenvalue weighted by Gasteiger charge is 2.40. The van der Waals surface area contributed by atoms with Gasteiger partial charge in [0.1, 0.15) is 63.2 Å². The molecule has 0 bridgehead atoms. The van der Waals surface area contributed by atoms with Crippen molar-refractivity contribution in [3.63, 3.8) is 0 Å². The first-order valence-electron chi connectivity index (χ1n) is 26.1. The third kappa shape index (κ3) is 10.5. The van der Waals surface area contributed by atoms with E-state index in [2.05, 4.69) is 35.2 Å². The van der Waals surface area contributed by atoms with Gasteiger partial charge in [-0.25, -0.2) is 48.3 Å². The van der Waals surface area contributed by atoms with Crippen molar-refractivity contribution in [3.8, 4) is 56.6 Å². The molecule has 0 saturated carbocycles. The quantitative estimate of drug-likeness (QED) is 0.0432. The molecule has 1 aliphatic heterocycles. The van der Waals surface area contributed by atoms with Crippen LogP contribution in [0, 0.1) is 31.9 Å². The third-order valence-corrected chi connectivity index (χ3v) is 14.4. The summed E-state index contributed by atoms with van der Waals surface area (Å²) < 4.78 is 56.2. The number of hydrogen-bond acceptors (Lipinski definition) is 19. The average molecular weight is 1190 g/mol. The first-order valence-corrected chi connectivity index (χ1v) is 26.8. The molecule has 84 heavy (non-hydrogen) atoms. The molecule has 0 aliphatic carbocycles. The molecule has 1 saturated heterocycles. The average Bonchev–Trinajstić information content (AvgIpc) is 0.990. The molecule has 0 spiro atoms. The molecule has 8 aromatic rings. The Morgan fingerprint density at radius 2 is 1.05 bits per heavy atom. The van der Waals surface area contributed by atoms with Crippen molar-refractivity contribution in [3.05, 3.63) is 147 Å². The highest BCUT2D eigenvalue weighted by Crippen LogP contribution is 2.45. The molecule has 1 amide bonds. The van der Waals surface area contributed by atoms with Gasteiger partial charge in [-0.1, -0.05) is 90.7 Å². The van der Waals surface area contributed by atoms with Crippen LogP contribution in [0.25, 0.3) is 55.7 Å². The van der Waals surface area contributed by atoms with E-state index in [0.29, 0.717) is 0 Å². The van der Waals surface area contributed by atoms with Crippen molar-refractivity contribution < 1.29 is 47.2 Å². The molecule has 28 heteroatoms. The summed E-state index contributed by atoms with van der Waals surface area (Å²) in [6.07, 6.45) is 1.21. The Balaban J connectivity index is 1.18. The number of esters is 1. The van der Waals surface area contributed by atoms with Crippen LogP contribution < -0.4 is 35.4 Å². The van der Waals surface area contributed by atoms with Crippen LogP contribution in [0.3, 0.4) is 0 Å². The molecule has 1 atom stereocenters. The molecule has 436 valence electrons. The first-order chi connectivity index (χ1) is 39.9. The SMILES string of the molecule is COc1cccc(F)c1-c1cc2c(nc1Cl)c(OC(=O)C1CN(C(=O)Oc3c([N+](=O)[O-])c(=O)n(-c4c(C(C)C)ncnc4C(C)C)c4cc(-c5c(F)cccc5OC)c(Cl)nc34)CCN1)c([N+](=O)[O-])c(=O)n2-c1c(C(C)C)ncnc1C(C)C. The minimum Gasteiger partial charge on any atom is -0.496 e. The van der Waals surface area contributed by atoms with E-state index in [-0.39, 0.29) is 92.0 Å². The van der Waals surface area contributed by atoms with E-state index in [0.717, 1.165) is 26.2 Å². The topological polar surface area (TPSA) is 294 Å². The fourth-order valence-electron chi connectivity index (χ4n) is 10.0. The summed E-state index contributed by atoms with van der Waals surface area (Å²) in [6, 6.07) is 8.83. The van der Waals surface area contributed by atoms with E-state index >= 15 is 18.4 Å². The lowest BCUT2D eigenvalue weighted by atomic mass is 10.0. The fourth-order valence-corrected chi connectivity index (χ4v) is 10.5. The van der Waals surface area contributed by atoms with Gasteiger partial charge in [0.15, 0.2) is 0 Å². The number of nitro groups is 2. The number of nitrogens with zero attached hydrogens (tertiary/aromatic N) is 11.